The van der Waals surface area contributed by atoms with Crippen molar-refractivity contribution in [3.8, 4) is 5.75 Å². The number of rotatable bonds is 5. The minimum absolute atomic E-state index is 0.223. The van der Waals surface area contributed by atoms with E-state index in [0.717, 1.165) is 43.1 Å². The van der Waals surface area contributed by atoms with Gasteiger partial charge in [0.05, 0.1) is 12.2 Å². The largest absolute Gasteiger partial charge is 0.506 e. The number of para-hydroxylation sites is 2. The van der Waals surface area contributed by atoms with Gasteiger partial charge in [-0.05, 0) is 44.9 Å². The number of nitrogens with zero attached hydrogens (tertiary/aromatic N) is 3. The molecule has 0 atom stereocenters. The average molecular weight is 353 g/mol. The van der Waals surface area contributed by atoms with Gasteiger partial charge in [-0.15, -0.1) is 0 Å². The molecule has 138 valence electrons. The minimum atomic E-state index is 0.223. The lowest BCUT2D eigenvalue weighted by molar-refractivity contribution is 0.0925. The Hall–Kier alpha value is -2.27. The fraction of sp³-hybridized carbons (Fsp3) is 0.476. The van der Waals surface area contributed by atoms with Crippen molar-refractivity contribution in [3.63, 3.8) is 0 Å². The third-order valence-corrected chi connectivity index (χ3v) is 5.66. The Bertz CT molecular complexity index is 815. The standard InChI is InChI=1S/C21H27N3O2/c1-15-13-18(16(2)24(15)17-7-8-17)21(26)14-22-9-11-23(12-10-22)19-5-3-4-6-20(19)25/h3-6,13,17,25H,7-12,14H2,1-2H3. The molecule has 2 fully saturated rings. The quantitative estimate of drug-likeness (QED) is 0.839. The number of hydrogen-bond donors (Lipinski definition) is 1. The molecule has 1 aliphatic heterocycles. The van der Waals surface area contributed by atoms with Crippen LogP contribution in [0.25, 0.3) is 0 Å². The molecule has 0 radical (unpaired) electrons. The van der Waals surface area contributed by atoms with E-state index in [0.29, 0.717) is 18.3 Å². The van der Waals surface area contributed by atoms with Crippen molar-refractivity contribution in [3.05, 3.63) is 47.3 Å². The molecule has 5 nitrogen and oxygen atoms in total. The third kappa shape index (κ3) is 3.23. The van der Waals surface area contributed by atoms with Crippen LogP contribution in [0, 0.1) is 13.8 Å². The topological polar surface area (TPSA) is 48.7 Å². The van der Waals surface area contributed by atoms with Crippen LogP contribution in [0.4, 0.5) is 5.69 Å². The second-order valence-corrected chi connectivity index (χ2v) is 7.56. The number of aromatic nitrogens is 1. The third-order valence-electron chi connectivity index (χ3n) is 5.66. The lowest BCUT2D eigenvalue weighted by Gasteiger charge is -2.35. The zero-order valence-electron chi connectivity index (χ0n) is 15.6. The number of anilines is 1. The molecule has 1 aromatic heterocycles. The number of carbonyl (C=O) groups is 1. The Morgan fingerprint density at radius 1 is 1.12 bits per heavy atom. The number of aromatic hydroxyl groups is 1. The molecule has 1 saturated heterocycles. The molecule has 0 unspecified atom stereocenters. The Morgan fingerprint density at radius 2 is 1.81 bits per heavy atom. The van der Waals surface area contributed by atoms with Crippen molar-refractivity contribution < 1.29 is 9.90 Å². The number of phenols is 1. The summed E-state index contributed by atoms with van der Waals surface area (Å²) in [5.41, 5.74) is 4.10. The van der Waals surface area contributed by atoms with Gasteiger partial charge >= 0.3 is 0 Å². The number of aryl methyl sites for hydroxylation is 1. The Morgan fingerprint density at radius 3 is 2.46 bits per heavy atom. The van der Waals surface area contributed by atoms with Crippen molar-refractivity contribution >= 4 is 11.5 Å². The fourth-order valence-corrected chi connectivity index (χ4v) is 4.12. The second kappa shape index (κ2) is 6.80. The first-order valence-electron chi connectivity index (χ1n) is 9.51. The lowest BCUT2D eigenvalue weighted by Crippen LogP contribution is -2.48. The normalized spacial score (nSPS) is 18.3. The van der Waals surface area contributed by atoms with E-state index in [1.807, 2.05) is 18.2 Å². The molecule has 5 heteroatoms. The molecule has 1 saturated carbocycles. The first kappa shape index (κ1) is 17.2. The van der Waals surface area contributed by atoms with Gasteiger partial charge in [-0.25, -0.2) is 0 Å². The maximum Gasteiger partial charge on any atom is 0.178 e. The Labute approximate surface area is 154 Å². The predicted molar refractivity (Wildman–Crippen MR) is 103 cm³/mol. The fourth-order valence-electron chi connectivity index (χ4n) is 4.12. The van der Waals surface area contributed by atoms with Crippen LogP contribution in [0.1, 0.15) is 40.6 Å². The van der Waals surface area contributed by atoms with Crippen LogP contribution in [-0.4, -0.2) is 53.1 Å². The molecule has 26 heavy (non-hydrogen) atoms. The van der Waals surface area contributed by atoms with Gasteiger partial charge < -0.3 is 14.6 Å². The molecule has 1 aromatic carbocycles. The summed E-state index contributed by atoms with van der Waals surface area (Å²) in [6.45, 7) is 7.98. The Kier molecular flexibility index (Phi) is 4.49. The average Bonchev–Trinajstić information content (AvgIpc) is 3.41. The molecule has 0 bridgehead atoms. The van der Waals surface area contributed by atoms with Crippen molar-refractivity contribution in [2.45, 2.75) is 32.7 Å². The summed E-state index contributed by atoms with van der Waals surface area (Å²) in [7, 11) is 0. The van der Waals surface area contributed by atoms with Crippen molar-refractivity contribution in [1.82, 2.24) is 9.47 Å². The van der Waals surface area contributed by atoms with E-state index in [1.165, 1.54) is 18.5 Å². The summed E-state index contributed by atoms with van der Waals surface area (Å²) in [5, 5.41) is 10.0. The first-order valence-corrected chi connectivity index (χ1v) is 9.51. The number of carbonyl (C=O) groups excluding carboxylic acids is 1. The first-order chi connectivity index (χ1) is 12.5. The molecule has 1 aliphatic carbocycles. The summed E-state index contributed by atoms with van der Waals surface area (Å²) >= 11 is 0. The highest BCUT2D eigenvalue weighted by Gasteiger charge is 2.29. The molecular weight excluding hydrogens is 326 g/mol. The van der Waals surface area contributed by atoms with Gasteiger partial charge in [-0.3, -0.25) is 9.69 Å². The molecule has 0 amide bonds. The van der Waals surface area contributed by atoms with Crippen molar-refractivity contribution in [1.29, 1.82) is 0 Å². The van der Waals surface area contributed by atoms with Crippen LogP contribution in [0.3, 0.4) is 0 Å². The summed E-state index contributed by atoms with van der Waals surface area (Å²) < 4.78 is 2.34. The molecule has 1 N–H and O–H groups in total. The number of benzene rings is 1. The summed E-state index contributed by atoms with van der Waals surface area (Å²) in [4.78, 5) is 17.3. The minimum Gasteiger partial charge on any atom is -0.506 e. The van der Waals surface area contributed by atoms with Crippen molar-refractivity contribution in [2.24, 2.45) is 0 Å². The zero-order chi connectivity index (χ0) is 18.3. The van der Waals surface area contributed by atoms with E-state index in [4.69, 9.17) is 0 Å². The maximum absolute atomic E-state index is 12.8. The van der Waals surface area contributed by atoms with E-state index < -0.39 is 0 Å². The van der Waals surface area contributed by atoms with Gasteiger partial charge in [0.25, 0.3) is 0 Å². The van der Waals surface area contributed by atoms with Crippen LogP contribution >= 0.6 is 0 Å². The number of hydrogen-bond acceptors (Lipinski definition) is 4. The van der Waals surface area contributed by atoms with Crippen LogP contribution < -0.4 is 4.90 Å². The highest BCUT2D eigenvalue weighted by atomic mass is 16.3. The molecule has 2 heterocycles. The van der Waals surface area contributed by atoms with Crippen LogP contribution in [-0.2, 0) is 0 Å². The van der Waals surface area contributed by atoms with E-state index in [1.54, 1.807) is 6.07 Å². The SMILES string of the molecule is Cc1cc(C(=O)CN2CCN(c3ccccc3O)CC2)c(C)n1C1CC1. The summed E-state index contributed by atoms with van der Waals surface area (Å²) in [6.07, 6.45) is 2.47. The summed E-state index contributed by atoms with van der Waals surface area (Å²) in [5.74, 6) is 0.547. The van der Waals surface area contributed by atoms with E-state index in [-0.39, 0.29) is 5.78 Å². The smallest absolute Gasteiger partial charge is 0.178 e. The number of piperazine rings is 1. The van der Waals surface area contributed by atoms with E-state index in [9.17, 15) is 9.90 Å². The number of phenolic OH excluding ortho intramolecular Hbond substituents is 1. The van der Waals surface area contributed by atoms with Gasteiger partial charge in [0.2, 0.25) is 0 Å². The van der Waals surface area contributed by atoms with Gasteiger partial charge in [-0.2, -0.15) is 0 Å². The van der Waals surface area contributed by atoms with Crippen molar-refractivity contribution in [2.75, 3.05) is 37.6 Å². The lowest BCUT2D eigenvalue weighted by atomic mass is 10.1. The molecule has 2 aliphatic rings. The molecule has 2 aromatic rings. The van der Waals surface area contributed by atoms with Gasteiger partial charge in [0.1, 0.15) is 5.75 Å². The second-order valence-electron chi connectivity index (χ2n) is 7.56. The number of Topliss-reactive ketones (excluding diaryl/α,β-unsaturated/α-hetero) is 1. The zero-order valence-corrected chi connectivity index (χ0v) is 15.6. The van der Waals surface area contributed by atoms with E-state index in [2.05, 4.69) is 34.3 Å². The number of ketones is 1. The highest BCUT2D eigenvalue weighted by Crippen LogP contribution is 2.38. The molecule has 4 rings (SSSR count). The highest BCUT2D eigenvalue weighted by molar-refractivity contribution is 5.99. The molecule has 0 spiro atoms. The monoisotopic (exact) mass is 353 g/mol. The van der Waals surface area contributed by atoms with Gasteiger partial charge in [0.15, 0.2) is 5.78 Å². The predicted octanol–water partition coefficient (Wildman–Crippen LogP) is 3.15. The maximum atomic E-state index is 12.8. The molecular formula is C21H27N3O2. The summed E-state index contributed by atoms with van der Waals surface area (Å²) in [6, 6.07) is 10.1. The Balaban J connectivity index is 1.38. The van der Waals surface area contributed by atoms with Gasteiger partial charge in [-0.1, -0.05) is 12.1 Å². The van der Waals surface area contributed by atoms with E-state index >= 15 is 0 Å². The van der Waals surface area contributed by atoms with Crippen LogP contribution in [0.5, 0.6) is 5.75 Å². The van der Waals surface area contributed by atoms with Crippen LogP contribution in [0.15, 0.2) is 30.3 Å². The van der Waals surface area contributed by atoms with Gasteiger partial charge in [0, 0.05) is 49.2 Å². The van der Waals surface area contributed by atoms with Crippen LogP contribution in [0.2, 0.25) is 0 Å².